The summed E-state index contributed by atoms with van der Waals surface area (Å²) >= 11 is 0. The first-order valence-electron chi connectivity index (χ1n) is 7.94. The van der Waals surface area contributed by atoms with E-state index in [-0.39, 0.29) is 5.41 Å². The molecule has 4 rings (SSSR count). The van der Waals surface area contributed by atoms with Gasteiger partial charge in [-0.3, -0.25) is 0 Å². The van der Waals surface area contributed by atoms with Crippen molar-refractivity contribution in [1.82, 2.24) is 14.9 Å². The largest absolute Gasteiger partial charge is 0.342 e. The molecule has 0 bridgehead atoms. The number of para-hydroxylation sites is 2. The third kappa shape index (κ3) is 1.96. The van der Waals surface area contributed by atoms with Gasteiger partial charge in [0.1, 0.15) is 5.82 Å². The lowest BCUT2D eigenvalue weighted by molar-refractivity contribution is 0.0753. The summed E-state index contributed by atoms with van der Waals surface area (Å²) in [5.41, 5.74) is 2.49. The molecule has 0 amide bonds. The molecule has 1 aliphatic heterocycles. The number of imidazole rings is 1. The highest BCUT2D eigenvalue weighted by atomic mass is 15.2. The van der Waals surface area contributed by atoms with Crippen LogP contribution in [0.1, 0.15) is 44.9 Å². The second kappa shape index (κ2) is 4.59. The summed E-state index contributed by atoms with van der Waals surface area (Å²) in [6.07, 6.45) is 6.72. The summed E-state index contributed by atoms with van der Waals surface area (Å²) in [7, 11) is 0. The van der Waals surface area contributed by atoms with E-state index in [4.69, 9.17) is 4.98 Å². The van der Waals surface area contributed by atoms with Crippen molar-refractivity contribution in [3.05, 3.63) is 30.1 Å². The molecule has 2 fully saturated rings. The number of piperidine rings is 1. The molecule has 20 heavy (non-hydrogen) atoms. The average Bonchev–Trinajstić information content (AvgIpc) is 2.84. The third-order valence-corrected chi connectivity index (χ3v) is 5.45. The summed E-state index contributed by atoms with van der Waals surface area (Å²) in [6.45, 7) is 4.85. The zero-order valence-electron chi connectivity index (χ0n) is 12.2. The van der Waals surface area contributed by atoms with Gasteiger partial charge in [0.05, 0.1) is 11.0 Å². The average molecular weight is 269 g/mol. The molecule has 1 aliphatic carbocycles. The van der Waals surface area contributed by atoms with Crippen LogP contribution in [-0.4, -0.2) is 34.0 Å². The van der Waals surface area contributed by atoms with Crippen molar-refractivity contribution in [2.75, 3.05) is 13.1 Å². The molecule has 1 aromatic carbocycles. The number of aromatic nitrogens is 2. The smallest absolute Gasteiger partial charge is 0.113 e. The van der Waals surface area contributed by atoms with E-state index in [1.807, 2.05) is 0 Å². The van der Waals surface area contributed by atoms with Crippen LogP contribution in [0.15, 0.2) is 24.3 Å². The summed E-state index contributed by atoms with van der Waals surface area (Å²) in [6, 6.07) is 9.25. The molecular formula is C17H23N3. The number of rotatable bonds is 2. The molecule has 2 aliphatic rings. The first-order chi connectivity index (χ1) is 9.74. The monoisotopic (exact) mass is 269 g/mol. The Hall–Kier alpha value is -1.35. The molecule has 1 saturated heterocycles. The number of hydrogen-bond acceptors (Lipinski definition) is 2. The van der Waals surface area contributed by atoms with Crippen molar-refractivity contribution >= 4 is 11.0 Å². The van der Waals surface area contributed by atoms with Crippen molar-refractivity contribution < 1.29 is 0 Å². The van der Waals surface area contributed by atoms with Crippen molar-refractivity contribution in [3.8, 4) is 0 Å². The molecule has 106 valence electrons. The van der Waals surface area contributed by atoms with Gasteiger partial charge in [0, 0.05) is 11.5 Å². The molecular weight excluding hydrogens is 246 g/mol. The topological polar surface area (TPSA) is 31.9 Å². The number of H-pyrrole nitrogens is 1. The second-order valence-electron chi connectivity index (χ2n) is 6.78. The van der Waals surface area contributed by atoms with E-state index in [1.165, 1.54) is 56.5 Å². The number of hydrogen-bond donors (Lipinski definition) is 1. The predicted molar refractivity (Wildman–Crippen MR) is 81.9 cm³/mol. The Balaban J connectivity index is 1.55. The number of fused-ring (bicyclic) bond motifs is 1. The third-order valence-electron chi connectivity index (χ3n) is 5.45. The molecule has 0 spiro atoms. The lowest BCUT2D eigenvalue weighted by atomic mass is 9.78. The molecule has 2 heterocycles. The first kappa shape index (κ1) is 12.4. The SMILES string of the molecule is CC1(c2nc3ccccc3[nH]2)CCN(C2CCC2)CC1. The van der Waals surface area contributed by atoms with Crippen LogP contribution < -0.4 is 0 Å². The van der Waals surface area contributed by atoms with Crippen molar-refractivity contribution in [2.45, 2.75) is 50.5 Å². The number of nitrogens with zero attached hydrogens (tertiary/aromatic N) is 2. The molecule has 0 radical (unpaired) electrons. The van der Waals surface area contributed by atoms with Gasteiger partial charge < -0.3 is 9.88 Å². The fourth-order valence-electron chi connectivity index (χ4n) is 3.61. The molecule has 1 saturated carbocycles. The van der Waals surface area contributed by atoms with E-state index in [2.05, 4.69) is 41.1 Å². The first-order valence-corrected chi connectivity index (χ1v) is 7.94. The maximum atomic E-state index is 4.84. The predicted octanol–water partition coefficient (Wildman–Crippen LogP) is 3.47. The van der Waals surface area contributed by atoms with Crippen molar-refractivity contribution in [3.63, 3.8) is 0 Å². The van der Waals surface area contributed by atoms with Gasteiger partial charge in [0.2, 0.25) is 0 Å². The quantitative estimate of drug-likeness (QED) is 0.905. The lowest BCUT2D eigenvalue weighted by Gasteiger charge is -2.44. The Bertz CT molecular complexity index is 570. The maximum Gasteiger partial charge on any atom is 0.113 e. The van der Waals surface area contributed by atoms with E-state index in [1.54, 1.807) is 0 Å². The van der Waals surface area contributed by atoms with Crippen molar-refractivity contribution in [2.24, 2.45) is 0 Å². The van der Waals surface area contributed by atoms with Crippen LogP contribution in [0, 0.1) is 0 Å². The van der Waals surface area contributed by atoms with E-state index >= 15 is 0 Å². The maximum absolute atomic E-state index is 4.84. The lowest BCUT2D eigenvalue weighted by Crippen LogP contribution is -2.48. The normalized spacial score (nSPS) is 23.9. The van der Waals surface area contributed by atoms with Gasteiger partial charge >= 0.3 is 0 Å². The highest BCUT2D eigenvalue weighted by Crippen LogP contribution is 2.37. The fraction of sp³-hybridized carbons (Fsp3) is 0.588. The van der Waals surface area contributed by atoms with Gasteiger partial charge in [-0.15, -0.1) is 0 Å². The van der Waals surface area contributed by atoms with Crippen LogP contribution in [0.3, 0.4) is 0 Å². The van der Waals surface area contributed by atoms with Gasteiger partial charge in [-0.25, -0.2) is 4.98 Å². The minimum atomic E-state index is 0.221. The highest BCUT2D eigenvalue weighted by molar-refractivity contribution is 5.75. The minimum Gasteiger partial charge on any atom is -0.342 e. The van der Waals surface area contributed by atoms with Gasteiger partial charge in [0.25, 0.3) is 0 Å². The second-order valence-corrected chi connectivity index (χ2v) is 6.78. The zero-order valence-corrected chi connectivity index (χ0v) is 12.2. The van der Waals surface area contributed by atoms with Crippen LogP contribution in [0.25, 0.3) is 11.0 Å². The van der Waals surface area contributed by atoms with E-state index < -0.39 is 0 Å². The Morgan fingerprint density at radius 3 is 2.60 bits per heavy atom. The summed E-state index contributed by atoms with van der Waals surface area (Å²) in [4.78, 5) is 11.1. The Morgan fingerprint density at radius 1 is 1.20 bits per heavy atom. The Kier molecular flexibility index (Phi) is 2.84. The Morgan fingerprint density at radius 2 is 1.95 bits per heavy atom. The van der Waals surface area contributed by atoms with E-state index in [9.17, 15) is 0 Å². The zero-order chi connectivity index (χ0) is 13.6. The molecule has 0 unspecified atom stereocenters. The molecule has 1 aromatic heterocycles. The summed E-state index contributed by atoms with van der Waals surface area (Å²) in [5, 5.41) is 0. The van der Waals surface area contributed by atoms with Crippen LogP contribution >= 0.6 is 0 Å². The minimum absolute atomic E-state index is 0.221. The summed E-state index contributed by atoms with van der Waals surface area (Å²) in [5.74, 6) is 1.19. The summed E-state index contributed by atoms with van der Waals surface area (Å²) < 4.78 is 0. The highest BCUT2D eigenvalue weighted by Gasteiger charge is 2.37. The molecule has 2 aromatic rings. The van der Waals surface area contributed by atoms with Crippen LogP contribution in [0.4, 0.5) is 0 Å². The number of likely N-dealkylation sites (tertiary alicyclic amines) is 1. The van der Waals surface area contributed by atoms with E-state index in [0.29, 0.717) is 0 Å². The van der Waals surface area contributed by atoms with Crippen LogP contribution in [0.5, 0.6) is 0 Å². The molecule has 3 nitrogen and oxygen atoms in total. The molecule has 3 heteroatoms. The van der Waals surface area contributed by atoms with Gasteiger partial charge in [-0.2, -0.15) is 0 Å². The Labute approximate surface area is 120 Å². The number of aromatic amines is 1. The fourth-order valence-corrected chi connectivity index (χ4v) is 3.61. The number of nitrogens with one attached hydrogen (secondary N) is 1. The standard InChI is InChI=1S/C17H23N3/c1-17(9-11-20(12-10-17)13-5-4-6-13)16-18-14-7-2-3-8-15(14)19-16/h2-3,7-8,13H,4-6,9-12H2,1H3,(H,18,19). The van der Waals surface area contributed by atoms with Gasteiger partial charge in [-0.1, -0.05) is 25.5 Å². The molecule has 1 N–H and O–H groups in total. The van der Waals surface area contributed by atoms with Crippen molar-refractivity contribution in [1.29, 1.82) is 0 Å². The van der Waals surface area contributed by atoms with Gasteiger partial charge in [0.15, 0.2) is 0 Å². The van der Waals surface area contributed by atoms with Crippen LogP contribution in [-0.2, 0) is 5.41 Å². The van der Waals surface area contributed by atoms with Gasteiger partial charge in [-0.05, 0) is 50.9 Å². The van der Waals surface area contributed by atoms with Crippen LogP contribution in [0.2, 0.25) is 0 Å². The number of benzene rings is 1. The van der Waals surface area contributed by atoms with E-state index in [0.717, 1.165) is 11.6 Å². The molecule has 0 atom stereocenters.